The minimum absolute atomic E-state index is 0.0192. The van der Waals surface area contributed by atoms with Gasteiger partial charge in [-0.2, -0.15) is 5.10 Å². The van der Waals surface area contributed by atoms with Crippen LogP contribution in [0.15, 0.2) is 53.6 Å². The normalized spacial score (nSPS) is 10.4. The van der Waals surface area contributed by atoms with E-state index in [4.69, 9.17) is 4.74 Å². The van der Waals surface area contributed by atoms with Gasteiger partial charge in [0, 0.05) is 6.07 Å². The molecule has 124 valence electrons. The summed E-state index contributed by atoms with van der Waals surface area (Å²) in [5, 5.41) is 17.5. The molecule has 0 fully saturated rings. The lowest BCUT2D eigenvalue weighted by Gasteiger charge is -2.09. The largest absolute Gasteiger partial charge is 0.495 e. The summed E-state index contributed by atoms with van der Waals surface area (Å²) in [6.45, 7) is -0.0192. The van der Waals surface area contributed by atoms with E-state index in [1.165, 1.54) is 19.4 Å². The van der Waals surface area contributed by atoms with E-state index < -0.39 is 10.8 Å². The Morgan fingerprint density at radius 2 is 1.96 bits per heavy atom. The maximum Gasteiger partial charge on any atom is 0.278 e. The number of hydrogen-bond donors (Lipinski definition) is 2. The van der Waals surface area contributed by atoms with Crippen LogP contribution in [0.25, 0.3) is 0 Å². The molecule has 24 heavy (non-hydrogen) atoms. The van der Waals surface area contributed by atoms with Crippen molar-refractivity contribution >= 4 is 23.5 Å². The van der Waals surface area contributed by atoms with Crippen molar-refractivity contribution in [2.75, 3.05) is 19.0 Å². The predicted molar refractivity (Wildman–Crippen MR) is 90.3 cm³/mol. The van der Waals surface area contributed by atoms with Crippen molar-refractivity contribution in [1.29, 1.82) is 0 Å². The van der Waals surface area contributed by atoms with Gasteiger partial charge < -0.3 is 10.1 Å². The minimum atomic E-state index is -0.508. The maximum absolute atomic E-state index is 11.8. The van der Waals surface area contributed by atoms with Crippen LogP contribution in [0.4, 0.5) is 11.4 Å². The SMILES string of the molecule is COc1ccccc1NCC(=O)N/N=C\c1ccccc1[N+](=O)[O-]. The first-order valence-corrected chi connectivity index (χ1v) is 7.04. The van der Waals surface area contributed by atoms with Gasteiger partial charge in [0.15, 0.2) is 0 Å². The topological polar surface area (TPSA) is 106 Å². The van der Waals surface area contributed by atoms with Gasteiger partial charge in [-0.3, -0.25) is 14.9 Å². The fourth-order valence-corrected chi connectivity index (χ4v) is 1.94. The quantitative estimate of drug-likeness (QED) is 0.460. The molecular formula is C16H16N4O4. The van der Waals surface area contributed by atoms with Gasteiger partial charge in [0.05, 0.1) is 36.0 Å². The number of amides is 1. The van der Waals surface area contributed by atoms with Gasteiger partial charge in [0.2, 0.25) is 0 Å². The summed E-state index contributed by atoms with van der Waals surface area (Å²) in [6, 6.07) is 13.3. The number of nitro groups is 1. The van der Waals surface area contributed by atoms with E-state index >= 15 is 0 Å². The zero-order chi connectivity index (χ0) is 17.4. The molecule has 2 aromatic rings. The number of hydrazone groups is 1. The molecule has 0 radical (unpaired) electrons. The summed E-state index contributed by atoms with van der Waals surface area (Å²) in [4.78, 5) is 22.1. The number of para-hydroxylation sites is 3. The van der Waals surface area contributed by atoms with Crippen LogP contribution in [-0.2, 0) is 4.79 Å². The van der Waals surface area contributed by atoms with Crippen LogP contribution in [0, 0.1) is 10.1 Å². The lowest BCUT2D eigenvalue weighted by molar-refractivity contribution is -0.385. The first kappa shape index (κ1) is 16.9. The summed E-state index contributed by atoms with van der Waals surface area (Å²) in [5.41, 5.74) is 3.21. The summed E-state index contributed by atoms with van der Waals surface area (Å²) >= 11 is 0. The molecule has 0 saturated heterocycles. The number of benzene rings is 2. The fourth-order valence-electron chi connectivity index (χ4n) is 1.94. The molecule has 0 saturated carbocycles. The van der Waals surface area contributed by atoms with E-state index in [1.807, 2.05) is 12.1 Å². The Hall–Kier alpha value is -3.42. The number of nitrogens with one attached hydrogen (secondary N) is 2. The Labute approximate surface area is 138 Å². The molecule has 0 atom stereocenters. The second kappa shape index (κ2) is 8.28. The highest BCUT2D eigenvalue weighted by Crippen LogP contribution is 2.22. The van der Waals surface area contributed by atoms with Crippen LogP contribution in [0.5, 0.6) is 5.75 Å². The smallest absolute Gasteiger partial charge is 0.278 e. The van der Waals surface area contributed by atoms with E-state index in [0.717, 1.165) is 0 Å². The Morgan fingerprint density at radius 3 is 2.71 bits per heavy atom. The van der Waals surface area contributed by atoms with Crippen molar-refractivity contribution in [3.8, 4) is 5.75 Å². The molecule has 0 aliphatic heterocycles. The summed E-state index contributed by atoms with van der Waals surface area (Å²) in [7, 11) is 1.54. The van der Waals surface area contributed by atoms with Crippen molar-refractivity contribution in [3.63, 3.8) is 0 Å². The number of nitrogens with zero attached hydrogens (tertiary/aromatic N) is 2. The molecule has 2 N–H and O–H groups in total. The van der Waals surface area contributed by atoms with Crippen LogP contribution < -0.4 is 15.5 Å². The van der Waals surface area contributed by atoms with Gasteiger partial charge in [-0.15, -0.1) is 0 Å². The lowest BCUT2D eigenvalue weighted by atomic mass is 10.2. The number of nitro benzene ring substituents is 1. The van der Waals surface area contributed by atoms with Crippen LogP contribution in [-0.4, -0.2) is 30.7 Å². The molecule has 2 aromatic carbocycles. The summed E-state index contributed by atoms with van der Waals surface area (Å²) in [6.07, 6.45) is 1.24. The van der Waals surface area contributed by atoms with Gasteiger partial charge >= 0.3 is 0 Å². The molecule has 0 bridgehead atoms. The number of ether oxygens (including phenoxy) is 1. The standard InChI is InChI=1S/C16H16N4O4/c1-24-15-9-5-3-7-13(15)17-11-16(21)19-18-10-12-6-2-4-8-14(12)20(22)23/h2-10,17H,11H2,1H3,(H,19,21)/b18-10-. The number of carbonyl (C=O) groups is 1. The monoisotopic (exact) mass is 328 g/mol. The molecule has 0 aliphatic carbocycles. The first-order valence-electron chi connectivity index (χ1n) is 7.04. The number of methoxy groups -OCH3 is 1. The maximum atomic E-state index is 11.8. The van der Waals surface area contributed by atoms with Gasteiger partial charge in [-0.1, -0.05) is 24.3 Å². The van der Waals surface area contributed by atoms with Crippen LogP contribution in [0.1, 0.15) is 5.56 Å². The lowest BCUT2D eigenvalue weighted by Crippen LogP contribution is -2.26. The number of hydrogen-bond acceptors (Lipinski definition) is 6. The van der Waals surface area contributed by atoms with Crippen molar-refractivity contribution in [1.82, 2.24) is 5.43 Å². The molecule has 2 rings (SSSR count). The number of anilines is 1. The summed E-state index contributed by atoms with van der Waals surface area (Å²) < 4.78 is 5.16. The fraction of sp³-hybridized carbons (Fsp3) is 0.125. The second-order valence-electron chi connectivity index (χ2n) is 4.66. The van der Waals surface area contributed by atoms with Gasteiger partial charge in [-0.25, -0.2) is 5.43 Å². The van der Waals surface area contributed by atoms with Crippen LogP contribution >= 0.6 is 0 Å². The van der Waals surface area contributed by atoms with Gasteiger partial charge in [0.1, 0.15) is 5.75 Å². The Kier molecular flexibility index (Phi) is 5.84. The van der Waals surface area contributed by atoms with Crippen molar-refractivity contribution in [2.24, 2.45) is 5.10 Å². The molecular weight excluding hydrogens is 312 g/mol. The molecule has 8 heteroatoms. The van der Waals surface area contributed by atoms with E-state index in [2.05, 4.69) is 15.8 Å². The Morgan fingerprint density at radius 1 is 1.25 bits per heavy atom. The van der Waals surface area contributed by atoms with E-state index in [1.54, 1.807) is 30.3 Å². The molecule has 0 heterocycles. The van der Waals surface area contributed by atoms with Crippen LogP contribution in [0.2, 0.25) is 0 Å². The third kappa shape index (κ3) is 4.54. The van der Waals surface area contributed by atoms with Crippen molar-refractivity contribution < 1.29 is 14.5 Å². The van der Waals surface area contributed by atoms with E-state index in [9.17, 15) is 14.9 Å². The molecule has 0 unspecified atom stereocenters. The highest BCUT2D eigenvalue weighted by molar-refractivity contribution is 5.87. The first-order chi connectivity index (χ1) is 11.6. The third-order valence-corrected chi connectivity index (χ3v) is 3.07. The molecule has 0 spiro atoms. The summed E-state index contributed by atoms with van der Waals surface area (Å²) in [5.74, 6) is 0.226. The zero-order valence-electron chi connectivity index (χ0n) is 12.9. The minimum Gasteiger partial charge on any atom is -0.495 e. The van der Waals surface area contributed by atoms with Gasteiger partial charge in [0.25, 0.3) is 11.6 Å². The third-order valence-electron chi connectivity index (χ3n) is 3.07. The van der Waals surface area contributed by atoms with Crippen molar-refractivity contribution in [2.45, 2.75) is 0 Å². The number of rotatable bonds is 7. The highest BCUT2D eigenvalue weighted by Gasteiger charge is 2.10. The predicted octanol–water partition coefficient (Wildman–Crippen LogP) is 2.17. The van der Waals surface area contributed by atoms with Gasteiger partial charge in [-0.05, 0) is 18.2 Å². The molecule has 8 nitrogen and oxygen atoms in total. The van der Waals surface area contributed by atoms with Crippen LogP contribution in [0.3, 0.4) is 0 Å². The average molecular weight is 328 g/mol. The molecule has 0 aromatic heterocycles. The molecule has 0 aliphatic rings. The zero-order valence-corrected chi connectivity index (χ0v) is 12.9. The van der Waals surface area contributed by atoms with E-state index in [0.29, 0.717) is 17.0 Å². The highest BCUT2D eigenvalue weighted by atomic mass is 16.6. The Bertz CT molecular complexity index is 761. The number of carbonyl (C=O) groups excluding carboxylic acids is 1. The average Bonchev–Trinajstić information content (AvgIpc) is 2.60. The Balaban J connectivity index is 1.91. The second-order valence-corrected chi connectivity index (χ2v) is 4.66. The van der Waals surface area contributed by atoms with E-state index in [-0.39, 0.29) is 12.2 Å². The molecule has 1 amide bonds. The van der Waals surface area contributed by atoms with Crippen molar-refractivity contribution in [3.05, 3.63) is 64.2 Å².